The van der Waals surface area contributed by atoms with E-state index in [9.17, 15) is 27.6 Å². The molecule has 37 heavy (non-hydrogen) atoms. The number of rotatable bonds is 8. The maximum atomic E-state index is 13.0. The lowest BCUT2D eigenvalue weighted by Gasteiger charge is -2.26. The number of ether oxygens (including phenoxy) is 1. The topological polar surface area (TPSA) is 168 Å². The van der Waals surface area contributed by atoms with Crippen LogP contribution in [-0.2, 0) is 27.7 Å². The van der Waals surface area contributed by atoms with Crippen molar-refractivity contribution in [2.24, 2.45) is 5.73 Å². The highest BCUT2D eigenvalue weighted by Crippen LogP contribution is 2.37. The molecule has 5 amide bonds. The number of amides is 5. The van der Waals surface area contributed by atoms with Crippen molar-refractivity contribution in [3.8, 4) is 0 Å². The first-order chi connectivity index (χ1) is 17.5. The van der Waals surface area contributed by atoms with Crippen molar-refractivity contribution in [1.29, 1.82) is 0 Å². The zero-order valence-corrected chi connectivity index (χ0v) is 22.3. The Morgan fingerprint density at radius 3 is 2.30 bits per heavy atom. The summed E-state index contributed by atoms with van der Waals surface area (Å²) in [6.07, 6.45) is -0.185. The van der Waals surface area contributed by atoms with E-state index in [4.69, 9.17) is 10.5 Å². The largest absolute Gasteiger partial charge is 0.450 e. The second kappa shape index (κ2) is 11.7. The van der Waals surface area contributed by atoms with Crippen molar-refractivity contribution in [3.05, 3.63) is 45.8 Å². The van der Waals surface area contributed by atoms with Gasteiger partial charge in [0.05, 0.1) is 23.6 Å². The highest BCUT2D eigenvalue weighted by Gasteiger charge is 2.31. The first-order valence-electron chi connectivity index (χ1n) is 11.6. The molecule has 0 aliphatic carbocycles. The van der Waals surface area contributed by atoms with Crippen LogP contribution in [0.1, 0.15) is 51.9 Å². The van der Waals surface area contributed by atoms with Crippen LogP contribution in [0.25, 0.3) is 0 Å². The molecule has 3 rings (SSSR count). The van der Waals surface area contributed by atoms with Crippen LogP contribution >= 0.6 is 11.3 Å². The molecule has 0 unspecified atom stereocenters. The molecule has 2 aromatic rings. The van der Waals surface area contributed by atoms with E-state index in [1.165, 1.54) is 33.5 Å². The first-order valence-corrected chi connectivity index (χ1v) is 13.9. The van der Waals surface area contributed by atoms with Gasteiger partial charge >= 0.3 is 12.1 Å². The van der Waals surface area contributed by atoms with Crippen LogP contribution in [0.2, 0.25) is 0 Å². The van der Waals surface area contributed by atoms with Crippen molar-refractivity contribution < 1.29 is 32.3 Å². The summed E-state index contributed by atoms with van der Waals surface area (Å²) in [6.45, 7) is 6.47. The number of carbonyl (C=O) groups excluding carboxylic acids is 4. The maximum absolute atomic E-state index is 13.0. The Kier molecular flexibility index (Phi) is 8.89. The molecule has 0 spiro atoms. The Hall–Kier alpha value is -3.49. The summed E-state index contributed by atoms with van der Waals surface area (Å²) < 4.78 is 31.8. The number of primary amides is 1. The number of sulfonamides is 1. The highest BCUT2D eigenvalue weighted by molar-refractivity contribution is 7.89. The zero-order chi connectivity index (χ0) is 27.3. The number of hydrogen-bond donors (Lipinski definition) is 3. The van der Waals surface area contributed by atoms with Gasteiger partial charge in [-0.25, -0.2) is 18.0 Å². The number of imide groups is 1. The lowest BCUT2D eigenvalue weighted by Crippen LogP contribution is -2.38. The number of nitrogens with one attached hydrogen (secondary N) is 2. The number of thiophene rings is 1. The van der Waals surface area contributed by atoms with Gasteiger partial charge in [0.2, 0.25) is 10.0 Å². The summed E-state index contributed by atoms with van der Waals surface area (Å²) >= 11 is 1.10. The van der Waals surface area contributed by atoms with Gasteiger partial charge in [-0.15, -0.1) is 11.3 Å². The van der Waals surface area contributed by atoms with Crippen molar-refractivity contribution in [2.45, 2.75) is 38.6 Å². The molecule has 0 bridgehead atoms. The minimum Gasteiger partial charge on any atom is -0.450 e. The van der Waals surface area contributed by atoms with E-state index in [2.05, 4.69) is 5.32 Å². The van der Waals surface area contributed by atoms with Crippen LogP contribution in [-0.4, -0.2) is 67.8 Å². The molecule has 0 fully saturated rings. The molecule has 2 heterocycles. The fourth-order valence-electron chi connectivity index (χ4n) is 3.94. The Labute approximate surface area is 218 Å². The molecule has 200 valence electrons. The predicted molar refractivity (Wildman–Crippen MR) is 137 cm³/mol. The molecule has 14 heteroatoms. The van der Waals surface area contributed by atoms with Gasteiger partial charge in [-0.1, -0.05) is 13.8 Å². The molecule has 0 saturated heterocycles. The van der Waals surface area contributed by atoms with Crippen molar-refractivity contribution >= 4 is 50.3 Å². The van der Waals surface area contributed by atoms with E-state index in [1.54, 1.807) is 20.8 Å². The SMILES string of the molecule is CCOC(=O)N1CCc2c(sc(NC(=O)c3ccc(S(=O)(=O)N(CC)CC)cc3)c2C(=O)NC(N)=O)C1. The molecule has 1 aliphatic heterocycles. The van der Waals surface area contributed by atoms with Crippen molar-refractivity contribution in [2.75, 3.05) is 31.6 Å². The summed E-state index contributed by atoms with van der Waals surface area (Å²) in [4.78, 5) is 51.5. The van der Waals surface area contributed by atoms with Crippen LogP contribution in [0, 0.1) is 0 Å². The number of carbonyl (C=O) groups is 4. The van der Waals surface area contributed by atoms with Gasteiger partial charge in [0.1, 0.15) is 5.00 Å². The third kappa shape index (κ3) is 6.09. The minimum absolute atomic E-state index is 0.0555. The Bertz CT molecular complexity index is 1300. The standard InChI is InChI=1S/C23H29N5O7S2/c1-4-28(5-2)37(33,34)15-9-7-14(8-10-15)19(29)25-21-18(20(30)26-22(24)31)16-11-12-27(13-17(16)36-21)23(32)35-6-3/h7-10H,4-6,11-13H2,1-3H3,(H,25,29)(H3,24,26,30,31). The number of nitrogens with zero attached hydrogens (tertiary/aromatic N) is 2. The third-order valence-corrected chi connectivity index (χ3v) is 8.93. The molecular formula is C23H29N5O7S2. The highest BCUT2D eigenvalue weighted by atomic mass is 32.2. The zero-order valence-electron chi connectivity index (χ0n) is 20.7. The summed E-state index contributed by atoms with van der Waals surface area (Å²) in [5, 5.41) is 4.89. The average molecular weight is 552 g/mol. The van der Waals surface area contributed by atoms with E-state index < -0.39 is 34.0 Å². The molecule has 4 N–H and O–H groups in total. The van der Waals surface area contributed by atoms with E-state index >= 15 is 0 Å². The monoisotopic (exact) mass is 551 g/mol. The van der Waals surface area contributed by atoms with Gasteiger partial charge in [0.15, 0.2) is 0 Å². The number of hydrogen-bond acceptors (Lipinski definition) is 8. The summed E-state index contributed by atoms with van der Waals surface area (Å²) in [5.74, 6) is -1.36. The number of nitrogens with two attached hydrogens (primary N) is 1. The quantitative estimate of drug-likeness (QED) is 0.452. The maximum Gasteiger partial charge on any atom is 0.410 e. The van der Waals surface area contributed by atoms with Crippen molar-refractivity contribution in [1.82, 2.24) is 14.5 Å². The lowest BCUT2D eigenvalue weighted by molar-refractivity contribution is 0.0965. The van der Waals surface area contributed by atoms with E-state index in [0.717, 1.165) is 11.3 Å². The molecule has 1 aliphatic rings. The predicted octanol–water partition coefficient (Wildman–Crippen LogP) is 2.35. The van der Waals surface area contributed by atoms with Crippen molar-refractivity contribution in [3.63, 3.8) is 0 Å². The number of fused-ring (bicyclic) bond motifs is 1. The molecule has 1 aromatic heterocycles. The fraction of sp³-hybridized carbons (Fsp3) is 0.391. The minimum atomic E-state index is -3.69. The third-order valence-electron chi connectivity index (χ3n) is 5.73. The van der Waals surface area contributed by atoms with E-state index in [0.29, 0.717) is 30.0 Å². The van der Waals surface area contributed by atoms with Gasteiger partial charge in [-0.05, 0) is 43.2 Å². The second-order valence-electron chi connectivity index (χ2n) is 7.96. The summed E-state index contributed by atoms with van der Waals surface area (Å²) in [6, 6.07) is 4.41. The Morgan fingerprint density at radius 2 is 1.73 bits per heavy atom. The number of benzene rings is 1. The Morgan fingerprint density at radius 1 is 1.08 bits per heavy atom. The molecule has 1 aromatic carbocycles. The average Bonchev–Trinajstić information content (AvgIpc) is 3.21. The molecule has 12 nitrogen and oxygen atoms in total. The summed E-state index contributed by atoms with van der Waals surface area (Å²) in [7, 11) is -3.69. The van der Waals surface area contributed by atoms with E-state index in [1.807, 2.05) is 5.32 Å². The van der Waals surface area contributed by atoms with Gasteiger partial charge in [-0.3, -0.25) is 14.9 Å². The van der Waals surface area contributed by atoms with Crippen LogP contribution in [0.4, 0.5) is 14.6 Å². The van der Waals surface area contributed by atoms with Crippen LogP contribution in [0.3, 0.4) is 0 Å². The molecular weight excluding hydrogens is 522 g/mol. The van der Waals surface area contributed by atoms with Crippen LogP contribution in [0.15, 0.2) is 29.2 Å². The molecule has 0 saturated carbocycles. The normalized spacial score (nSPS) is 13.1. The summed E-state index contributed by atoms with van der Waals surface area (Å²) in [5.41, 5.74) is 5.98. The molecule has 0 atom stereocenters. The van der Waals surface area contributed by atoms with Gasteiger partial charge in [-0.2, -0.15) is 4.31 Å². The van der Waals surface area contributed by atoms with Crippen LogP contribution < -0.4 is 16.4 Å². The van der Waals surface area contributed by atoms with E-state index in [-0.39, 0.29) is 40.7 Å². The Balaban J connectivity index is 1.89. The lowest BCUT2D eigenvalue weighted by atomic mass is 10.0. The van der Waals surface area contributed by atoms with Crippen LogP contribution in [0.5, 0.6) is 0 Å². The van der Waals surface area contributed by atoms with Gasteiger partial charge in [0, 0.05) is 30.1 Å². The smallest absolute Gasteiger partial charge is 0.410 e. The van der Waals surface area contributed by atoms with Gasteiger partial charge in [0.25, 0.3) is 11.8 Å². The number of urea groups is 1. The molecule has 0 radical (unpaired) electrons. The fourth-order valence-corrected chi connectivity index (χ4v) is 6.66. The first kappa shape index (κ1) is 28.1. The van der Waals surface area contributed by atoms with Gasteiger partial charge < -0.3 is 20.7 Å². The number of anilines is 1. The second-order valence-corrected chi connectivity index (χ2v) is 11.0.